The molecule has 5 rings (SSSR count). The first kappa shape index (κ1) is 20.6. The number of benzene rings is 1. The number of hydrazone groups is 1. The maximum absolute atomic E-state index is 12.6. The quantitative estimate of drug-likeness (QED) is 0.552. The van der Waals surface area contributed by atoms with Crippen LogP contribution in [0.1, 0.15) is 43.4 Å². The van der Waals surface area contributed by atoms with E-state index in [4.69, 9.17) is 21.4 Å². The molecule has 0 bridgehead atoms. The number of aliphatic imine (C=N–C) groups is 1. The third-order valence-corrected chi connectivity index (χ3v) is 7.81. The predicted octanol–water partition coefficient (Wildman–Crippen LogP) is 6.03. The Morgan fingerprint density at radius 3 is 2.81 bits per heavy atom. The fourth-order valence-corrected chi connectivity index (χ4v) is 6.10. The van der Waals surface area contributed by atoms with Gasteiger partial charge in [-0.1, -0.05) is 60.8 Å². The number of halogens is 1. The van der Waals surface area contributed by atoms with Crippen LogP contribution in [-0.4, -0.2) is 32.2 Å². The largest absolute Gasteiger partial charge is 0.450 e. The molecule has 6 nitrogen and oxygen atoms in total. The molecule has 3 aliphatic rings. The first-order valence-corrected chi connectivity index (χ1v) is 12.2. The summed E-state index contributed by atoms with van der Waals surface area (Å²) in [5.41, 5.74) is 0.893. The Morgan fingerprint density at radius 1 is 1.19 bits per heavy atom. The summed E-state index contributed by atoms with van der Waals surface area (Å²) in [5.74, 6) is 0.0342. The van der Waals surface area contributed by atoms with E-state index in [9.17, 15) is 4.79 Å². The van der Waals surface area contributed by atoms with Crippen LogP contribution in [0.4, 0.5) is 0 Å². The maximum Gasteiger partial charge on any atom is 0.283 e. The normalized spacial score (nSPS) is 20.8. The fraction of sp³-hybridized carbons (Fsp3) is 0.273. The summed E-state index contributed by atoms with van der Waals surface area (Å²) >= 11 is 9.26. The van der Waals surface area contributed by atoms with Crippen LogP contribution >= 0.6 is 35.1 Å². The third-order valence-electron chi connectivity index (χ3n) is 5.28. The van der Waals surface area contributed by atoms with Gasteiger partial charge < -0.3 is 4.42 Å². The lowest BCUT2D eigenvalue weighted by molar-refractivity contribution is -0.114. The van der Waals surface area contributed by atoms with E-state index in [0.717, 1.165) is 10.7 Å². The van der Waals surface area contributed by atoms with Crippen molar-refractivity contribution in [3.8, 4) is 0 Å². The summed E-state index contributed by atoms with van der Waals surface area (Å²) in [5, 5.41) is 17.3. The summed E-state index contributed by atoms with van der Waals surface area (Å²) in [6.07, 6.45) is 7.84. The van der Waals surface area contributed by atoms with Crippen LogP contribution in [0.15, 0.2) is 61.6 Å². The lowest BCUT2D eigenvalue weighted by Gasteiger charge is -2.20. The molecule has 0 radical (unpaired) electrons. The zero-order chi connectivity index (χ0) is 21.4. The molecule has 2 aliphatic heterocycles. The topological polar surface area (TPSA) is 82.0 Å². The van der Waals surface area contributed by atoms with Gasteiger partial charge in [-0.25, -0.2) is 0 Å². The van der Waals surface area contributed by atoms with Gasteiger partial charge in [0.15, 0.2) is 10.9 Å². The fourth-order valence-electron chi connectivity index (χ4n) is 3.70. The van der Waals surface area contributed by atoms with Crippen LogP contribution < -0.4 is 0 Å². The Morgan fingerprint density at radius 2 is 2.00 bits per heavy atom. The van der Waals surface area contributed by atoms with E-state index in [-0.39, 0.29) is 11.4 Å². The molecule has 1 amide bonds. The second-order valence-corrected chi connectivity index (χ2v) is 10.1. The summed E-state index contributed by atoms with van der Waals surface area (Å²) in [6.45, 7) is 0. The molecule has 9 heteroatoms. The van der Waals surface area contributed by atoms with Gasteiger partial charge in [0.1, 0.15) is 10.8 Å². The van der Waals surface area contributed by atoms with Gasteiger partial charge in [-0.2, -0.15) is 15.1 Å². The summed E-state index contributed by atoms with van der Waals surface area (Å²) < 4.78 is 5.92. The Kier molecular flexibility index (Phi) is 5.77. The molecule has 31 heavy (non-hydrogen) atoms. The Bertz CT molecular complexity index is 1150. The van der Waals surface area contributed by atoms with E-state index in [2.05, 4.69) is 10.1 Å². The highest BCUT2D eigenvalue weighted by atomic mass is 35.5. The minimum Gasteiger partial charge on any atom is -0.450 e. The van der Waals surface area contributed by atoms with Crippen LogP contribution in [0.5, 0.6) is 0 Å². The van der Waals surface area contributed by atoms with Crippen LogP contribution in [-0.2, 0) is 4.79 Å². The molecule has 1 aromatic carbocycles. The second kappa shape index (κ2) is 8.68. The van der Waals surface area contributed by atoms with E-state index in [0.29, 0.717) is 26.2 Å². The molecular formula is C22H19ClN4O2S2. The van der Waals surface area contributed by atoms with Gasteiger partial charge in [-0.3, -0.25) is 10.2 Å². The molecule has 1 saturated carbocycles. The molecule has 1 aromatic heterocycles. The number of thioether (sulfide) groups is 2. The van der Waals surface area contributed by atoms with Crippen molar-refractivity contribution in [1.82, 2.24) is 5.01 Å². The van der Waals surface area contributed by atoms with Crippen molar-refractivity contribution in [3.63, 3.8) is 0 Å². The molecule has 0 atom stereocenters. The van der Waals surface area contributed by atoms with E-state index in [1.165, 1.54) is 48.9 Å². The van der Waals surface area contributed by atoms with E-state index in [1.807, 2.05) is 30.3 Å². The highest BCUT2D eigenvalue weighted by Crippen LogP contribution is 2.36. The zero-order valence-corrected chi connectivity index (χ0v) is 18.9. The number of amidine groups is 2. The van der Waals surface area contributed by atoms with E-state index in [1.54, 1.807) is 23.9 Å². The van der Waals surface area contributed by atoms with Gasteiger partial charge in [0.25, 0.3) is 5.91 Å². The average Bonchev–Trinajstić information content (AvgIpc) is 3.39. The standard InChI is InChI=1S/C22H19ClN4O2S2/c23-17-9-5-4-8-15(17)21-26-27-19(24)16(20(28)25-22(27)31-21)12-13-10-11-18(29-13)30-14-6-2-1-3-7-14/h4-5,8-12,14,24H,1-3,6-7H2/b16-12-,24-19?. The Hall–Kier alpha value is -2.29. The van der Waals surface area contributed by atoms with Crippen LogP contribution in [0.3, 0.4) is 0 Å². The van der Waals surface area contributed by atoms with Crippen molar-refractivity contribution in [1.29, 1.82) is 5.41 Å². The van der Waals surface area contributed by atoms with Crippen LogP contribution in [0.25, 0.3) is 6.08 Å². The number of hydrogen-bond acceptors (Lipinski definition) is 6. The van der Waals surface area contributed by atoms with Crippen molar-refractivity contribution >= 4 is 63.2 Å². The first-order valence-electron chi connectivity index (χ1n) is 10.1. The molecule has 2 aromatic rings. The summed E-state index contributed by atoms with van der Waals surface area (Å²) in [4.78, 5) is 16.8. The second-order valence-electron chi connectivity index (χ2n) is 7.44. The van der Waals surface area contributed by atoms with Crippen molar-refractivity contribution in [2.75, 3.05) is 0 Å². The number of nitrogens with one attached hydrogen (secondary N) is 1. The van der Waals surface area contributed by atoms with Gasteiger partial charge in [0.2, 0.25) is 5.17 Å². The van der Waals surface area contributed by atoms with Gasteiger partial charge in [-0.15, -0.1) is 0 Å². The van der Waals surface area contributed by atoms with Crippen molar-refractivity contribution in [2.45, 2.75) is 42.4 Å². The molecule has 1 N–H and O–H groups in total. The SMILES string of the molecule is N=C1/C(=C/c2ccc(SC3CCCCC3)o2)C(=O)N=C2SC(c3ccccc3Cl)=NN12. The van der Waals surface area contributed by atoms with Crippen LogP contribution in [0, 0.1) is 5.41 Å². The third kappa shape index (κ3) is 4.24. The number of furan rings is 1. The summed E-state index contributed by atoms with van der Waals surface area (Å²) in [6, 6.07) is 11.1. The van der Waals surface area contributed by atoms with E-state index < -0.39 is 5.91 Å². The number of hydrogen-bond donors (Lipinski definition) is 1. The van der Waals surface area contributed by atoms with Gasteiger partial charge in [-0.05, 0) is 48.9 Å². The number of nitrogens with zero attached hydrogens (tertiary/aromatic N) is 3. The van der Waals surface area contributed by atoms with Crippen molar-refractivity contribution in [3.05, 3.63) is 58.3 Å². The van der Waals surface area contributed by atoms with Crippen molar-refractivity contribution in [2.24, 2.45) is 10.1 Å². The molecule has 1 fully saturated rings. The highest BCUT2D eigenvalue weighted by Gasteiger charge is 2.36. The smallest absolute Gasteiger partial charge is 0.283 e. The molecular weight excluding hydrogens is 452 g/mol. The Labute approximate surface area is 193 Å². The maximum atomic E-state index is 12.6. The average molecular weight is 471 g/mol. The molecule has 0 unspecified atom stereocenters. The number of amides is 1. The van der Waals surface area contributed by atoms with Crippen molar-refractivity contribution < 1.29 is 9.21 Å². The minimum absolute atomic E-state index is 0.0255. The highest BCUT2D eigenvalue weighted by molar-refractivity contribution is 8.27. The van der Waals surface area contributed by atoms with Gasteiger partial charge >= 0.3 is 0 Å². The predicted molar refractivity (Wildman–Crippen MR) is 127 cm³/mol. The summed E-state index contributed by atoms with van der Waals surface area (Å²) in [7, 11) is 0. The molecule has 3 heterocycles. The van der Waals surface area contributed by atoms with E-state index >= 15 is 0 Å². The van der Waals surface area contributed by atoms with Gasteiger partial charge in [0, 0.05) is 10.8 Å². The minimum atomic E-state index is -0.475. The monoisotopic (exact) mass is 470 g/mol. The number of rotatable bonds is 4. The number of fused-ring (bicyclic) bond motifs is 1. The number of carbonyl (C=O) groups is 1. The number of carbonyl (C=O) groups excluding carboxylic acids is 1. The lowest BCUT2D eigenvalue weighted by atomic mass is 10.0. The zero-order valence-electron chi connectivity index (χ0n) is 16.5. The van der Waals surface area contributed by atoms with Gasteiger partial charge in [0.05, 0.1) is 10.6 Å². The Balaban J connectivity index is 1.37. The first-order chi connectivity index (χ1) is 15.1. The lowest BCUT2D eigenvalue weighted by Crippen LogP contribution is -2.35. The molecule has 0 spiro atoms. The molecule has 0 saturated heterocycles. The molecule has 1 aliphatic carbocycles. The molecule has 158 valence electrons. The van der Waals surface area contributed by atoms with Crippen LogP contribution in [0.2, 0.25) is 5.02 Å².